The van der Waals surface area contributed by atoms with Crippen LogP contribution in [0.2, 0.25) is 0 Å². The highest BCUT2D eigenvalue weighted by atomic mass is 19.4. The monoisotopic (exact) mass is 618 g/mol. The van der Waals surface area contributed by atoms with E-state index in [0.717, 1.165) is 35.6 Å². The second-order valence-corrected chi connectivity index (χ2v) is 9.42. The number of piperidine rings is 1. The number of fused-ring (bicyclic) bond motifs is 3. The van der Waals surface area contributed by atoms with E-state index in [0.29, 0.717) is 23.4 Å². The Kier molecular flexibility index (Phi) is 10.0. The van der Waals surface area contributed by atoms with Crippen molar-refractivity contribution in [3.05, 3.63) is 42.4 Å². The predicted octanol–water partition coefficient (Wildman–Crippen LogP) is 2.84. The molecular weight excluding hydrogens is 594 g/mol. The number of aliphatic hydroxyl groups is 1. The molecule has 0 amide bonds. The molecule has 0 radical (unpaired) electrons. The van der Waals surface area contributed by atoms with Crippen molar-refractivity contribution >= 4 is 23.3 Å². The summed E-state index contributed by atoms with van der Waals surface area (Å²) in [7, 11) is 0. The predicted molar refractivity (Wildman–Crippen MR) is 135 cm³/mol. The highest BCUT2D eigenvalue weighted by Crippen LogP contribution is 2.32. The van der Waals surface area contributed by atoms with Crippen molar-refractivity contribution in [3.63, 3.8) is 0 Å². The first-order valence-corrected chi connectivity index (χ1v) is 12.3. The fraction of sp³-hybridized carbons (Fsp3) is 0.400. The van der Waals surface area contributed by atoms with E-state index in [9.17, 15) is 36.7 Å². The zero-order valence-corrected chi connectivity index (χ0v) is 22.1. The first-order valence-electron chi connectivity index (χ1n) is 12.3. The smallest absolute Gasteiger partial charge is 0.489 e. The van der Waals surface area contributed by atoms with Crippen LogP contribution in [0.3, 0.4) is 0 Å². The van der Waals surface area contributed by atoms with Gasteiger partial charge in [0.1, 0.15) is 24.2 Å². The van der Waals surface area contributed by atoms with Crippen molar-refractivity contribution in [2.24, 2.45) is 0 Å². The Labute approximate surface area is 238 Å². The van der Waals surface area contributed by atoms with Crippen LogP contribution >= 0.6 is 0 Å². The van der Waals surface area contributed by atoms with Crippen LogP contribution in [0.4, 0.5) is 32.2 Å². The van der Waals surface area contributed by atoms with E-state index in [-0.39, 0.29) is 6.61 Å². The molecular formula is C25H24F6N6O6. The van der Waals surface area contributed by atoms with Crippen molar-refractivity contribution < 1.29 is 56.0 Å². The first kappa shape index (κ1) is 32.9. The molecule has 3 saturated heterocycles. The summed E-state index contributed by atoms with van der Waals surface area (Å²) in [5.74, 6) is -3.97. The summed E-state index contributed by atoms with van der Waals surface area (Å²) in [5.41, 5.74) is 2.92. The number of aromatic nitrogens is 3. The van der Waals surface area contributed by atoms with Crippen LogP contribution in [0.5, 0.6) is 5.75 Å². The molecule has 232 valence electrons. The maximum absolute atomic E-state index is 10.6. The number of aliphatic hydroxyl groups excluding tert-OH is 1. The molecule has 0 aliphatic carbocycles. The normalized spacial score (nSPS) is 18.2. The second kappa shape index (κ2) is 13.1. The highest BCUT2D eigenvalue weighted by Gasteiger charge is 2.39. The first-order chi connectivity index (χ1) is 20.0. The van der Waals surface area contributed by atoms with Gasteiger partial charge in [0.25, 0.3) is 0 Å². The molecule has 6 heterocycles. The number of nitrogens with one attached hydrogen (secondary N) is 1. The lowest BCUT2D eigenvalue weighted by Gasteiger charge is -2.48. The number of ether oxygens (including phenoxy) is 1. The molecule has 18 heteroatoms. The molecule has 6 rings (SSSR count). The quantitative estimate of drug-likeness (QED) is 0.310. The van der Waals surface area contributed by atoms with Gasteiger partial charge in [0.2, 0.25) is 0 Å². The fourth-order valence-corrected chi connectivity index (χ4v) is 4.13. The molecule has 2 bridgehead atoms. The second-order valence-electron chi connectivity index (χ2n) is 9.42. The molecule has 0 saturated carbocycles. The fourth-order valence-electron chi connectivity index (χ4n) is 4.13. The van der Waals surface area contributed by atoms with Gasteiger partial charge in [0.15, 0.2) is 0 Å². The average Bonchev–Trinajstić information content (AvgIpc) is 3.34. The van der Waals surface area contributed by atoms with Gasteiger partial charge in [-0.1, -0.05) is 0 Å². The van der Waals surface area contributed by atoms with Crippen molar-refractivity contribution in [2.45, 2.75) is 43.9 Å². The van der Waals surface area contributed by atoms with E-state index in [4.69, 9.17) is 24.5 Å². The number of nitriles is 1. The van der Waals surface area contributed by atoms with Gasteiger partial charge in [0, 0.05) is 42.5 Å². The maximum Gasteiger partial charge on any atom is 0.490 e. The number of anilines is 1. The van der Waals surface area contributed by atoms with Gasteiger partial charge in [-0.2, -0.15) is 36.7 Å². The van der Waals surface area contributed by atoms with Crippen LogP contribution in [0.25, 0.3) is 16.6 Å². The van der Waals surface area contributed by atoms with Gasteiger partial charge in [-0.15, -0.1) is 0 Å². The third kappa shape index (κ3) is 8.68. The minimum Gasteiger partial charge on any atom is -0.489 e. The molecule has 3 aromatic heterocycles. The van der Waals surface area contributed by atoms with Gasteiger partial charge >= 0.3 is 24.3 Å². The minimum absolute atomic E-state index is 0.180. The number of carboxylic acids is 2. The number of alkyl halides is 6. The minimum atomic E-state index is -5.08. The summed E-state index contributed by atoms with van der Waals surface area (Å²) in [4.78, 5) is 24.8. The maximum atomic E-state index is 10.6. The topological polar surface area (TPSA) is 173 Å². The van der Waals surface area contributed by atoms with Gasteiger partial charge in [-0.25, -0.2) is 19.1 Å². The van der Waals surface area contributed by atoms with E-state index < -0.39 is 30.4 Å². The third-order valence-electron chi connectivity index (χ3n) is 5.99. The lowest BCUT2D eigenvalue weighted by atomic mass is 9.91. The van der Waals surface area contributed by atoms with Gasteiger partial charge in [-0.3, -0.25) is 0 Å². The molecule has 3 aliphatic rings. The van der Waals surface area contributed by atoms with Crippen LogP contribution in [0.1, 0.15) is 18.9 Å². The molecule has 4 N–H and O–H groups in total. The van der Waals surface area contributed by atoms with Crippen molar-refractivity contribution in [1.29, 1.82) is 5.26 Å². The van der Waals surface area contributed by atoms with Gasteiger partial charge in [-0.05, 0) is 31.5 Å². The Balaban J connectivity index is 0.000000303. The number of aliphatic carboxylic acids is 2. The van der Waals surface area contributed by atoms with E-state index in [2.05, 4.69) is 26.4 Å². The standard InChI is InChI=1S/C21H22N6O2.2C2HF3O2/c1-13(28)12-29-18-5-19(21-15(6-22)8-24-27(21)11-18)14-2-3-20(23-7-14)26-9-16-4-17(10-26)25-16;2*3-2(4,5)1(6)7/h2-3,5,7-8,11,13,16-17,25,28H,4,9-10,12H2,1H3;2*(H,6,7)/t13-,16?,17?;;/m1../s1. The Hall–Kier alpha value is -4.63. The number of hydrogen-bond acceptors (Lipinski definition) is 9. The lowest BCUT2D eigenvalue weighted by molar-refractivity contribution is -0.193. The molecule has 3 aromatic rings. The largest absolute Gasteiger partial charge is 0.490 e. The number of carbonyl (C=O) groups is 2. The average molecular weight is 618 g/mol. The van der Waals surface area contributed by atoms with Crippen LogP contribution in [0.15, 0.2) is 36.8 Å². The Bertz CT molecular complexity index is 1450. The van der Waals surface area contributed by atoms with Crippen LogP contribution < -0.4 is 15.0 Å². The van der Waals surface area contributed by atoms with Crippen molar-refractivity contribution in [3.8, 4) is 22.9 Å². The SMILES string of the molecule is C[C@@H](O)COc1cc(-c2ccc(N3CC4CC(C3)N4)nc2)c2c(C#N)cnn2c1.O=C(O)C(F)(F)F.O=C(O)C(F)(F)F. The summed E-state index contributed by atoms with van der Waals surface area (Å²) in [6.07, 6.45) is -4.38. The molecule has 0 aromatic carbocycles. The zero-order chi connectivity index (χ0) is 32.1. The van der Waals surface area contributed by atoms with Gasteiger partial charge < -0.3 is 30.3 Å². The number of nitrogens with zero attached hydrogens (tertiary/aromatic N) is 5. The molecule has 12 nitrogen and oxygen atoms in total. The van der Waals surface area contributed by atoms with E-state index in [1.807, 2.05) is 24.4 Å². The number of rotatable bonds is 5. The number of carboxylic acid groups (broad SMARTS) is 2. The van der Waals surface area contributed by atoms with E-state index >= 15 is 0 Å². The van der Waals surface area contributed by atoms with Crippen molar-refractivity contribution in [2.75, 3.05) is 24.6 Å². The summed E-state index contributed by atoms with van der Waals surface area (Å²) in [6, 6.07) is 9.27. The van der Waals surface area contributed by atoms with E-state index in [1.54, 1.807) is 23.8 Å². The molecule has 43 heavy (non-hydrogen) atoms. The molecule has 0 spiro atoms. The molecule has 2 unspecified atom stereocenters. The third-order valence-corrected chi connectivity index (χ3v) is 5.99. The van der Waals surface area contributed by atoms with E-state index in [1.165, 1.54) is 6.42 Å². The zero-order valence-electron chi connectivity index (χ0n) is 22.1. The van der Waals surface area contributed by atoms with Gasteiger partial charge in [0.05, 0.1) is 29.6 Å². The number of pyridine rings is 2. The lowest BCUT2D eigenvalue weighted by Crippen LogP contribution is -2.67. The number of hydrogen-bond donors (Lipinski definition) is 4. The Morgan fingerprint density at radius 3 is 2.12 bits per heavy atom. The highest BCUT2D eigenvalue weighted by molar-refractivity contribution is 5.85. The summed E-state index contributed by atoms with van der Waals surface area (Å²) < 4.78 is 70.8. The molecule has 3 fully saturated rings. The Morgan fingerprint density at radius 1 is 1.12 bits per heavy atom. The van der Waals surface area contributed by atoms with Crippen LogP contribution in [-0.4, -0.2) is 92.1 Å². The van der Waals surface area contributed by atoms with Crippen LogP contribution in [0, 0.1) is 11.3 Å². The summed E-state index contributed by atoms with van der Waals surface area (Å²) in [5, 5.41) is 41.1. The summed E-state index contributed by atoms with van der Waals surface area (Å²) in [6.45, 7) is 3.82. The van der Waals surface area contributed by atoms with Crippen LogP contribution in [-0.2, 0) is 9.59 Å². The molecule has 3 aliphatic heterocycles. The Morgan fingerprint density at radius 2 is 1.67 bits per heavy atom. The number of piperazine rings is 1. The summed E-state index contributed by atoms with van der Waals surface area (Å²) >= 11 is 0. The number of halogens is 6. The van der Waals surface area contributed by atoms with Crippen molar-refractivity contribution in [1.82, 2.24) is 19.9 Å². The molecule has 3 atom stereocenters.